The van der Waals surface area contributed by atoms with Crippen LogP contribution in [0.1, 0.15) is 15.9 Å². The molecule has 0 aromatic heterocycles. The second kappa shape index (κ2) is 6.21. The summed E-state index contributed by atoms with van der Waals surface area (Å²) in [5, 5.41) is 0. The molecule has 126 valence electrons. The fourth-order valence-corrected chi connectivity index (χ4v) is 5.40. The zero-order chi connectivity index (χ0) is 18.1. The molecule has 2 N–H and O–H groups in total. The Balaban J connectivity index is 2.55. The summed E-state index contributed by atoms with van der Waals surface area (Å²) >= 11 is 0. The van der Waals surface area contributed by atoms with E-state index in [1.165, 1.54) is 36.4 Å². The zero-order valence-electron chi connectivity index (χ0n) is 12.8. The molecular weight excluding hydrogens is 350 g/mol. The van der Waals surface area contributed by atoms with Crippen LogP contribution in [0, 0.1) is 6.92 Å². The van der Waals surface area contributed by atoms with Crippen LogP contribution in [-0.4, -0.2) is 22.7 Å². The Hall–Kier alpha value is -2.45. The van der Waals surface area contributed by atoms with Crippen molar-refractivity contribution < 1.29 is 21.6 Å². The molecule has 2 aromatic carbocycles. The van der Waals surface area contributed by atoms with Gasteiger partial charge in [0.2, 0.25) is 25.6 Å². The Labute approximate surface area is 140 Å². The molecule has 0 unspecified atom stereocenters. The maximum Gasteiger partial charge on any atom is 0.248 e. The molecule has 0 aliphatic carbocycles. The van der Waals surface area contributed by atoms with E-state index >= 15 is 0 Å². The highest BCUT2D eigenvalue weighted by atomic mass is 32.3. The van der Waals surface area contributed by atoms with Gasteiger partial charge in [-0.3, -0.25) is 4.79 Å². The molecule has 0 fully saturated rings. The minimum atomic E-state index is -4.40. The minimum Gasteiger partial charge on any atom is -0.366 e. The molecule has 2 rings (SSSR count). The normalized spacial score (nSPS) is 11.9. The molecule has 0 heterocycles. The van der Waals surface area contributed by atoms with Crippen molar-refractivity contribution in [1.82, 2.24) is 0 Å². The van der Waals surface area contributed by atoms with E-state index in [1.54, 1.807) is 13.0 Å². The van der Waals surface area contributed by atoms with Crippen LogP contribution < -0.4 is 5.73 Å². The summed E-state index contributed by atoms with van der Waals surface area (Å²) in [5.41, 5.74) is 5.74. The number of hydrogen-bond donors (Lipinski definition) is 1. The van der Waals surface area contributed by atoms with Gasteiger partial charge in [-0.05, 0) is 42.8 Å². The van der Waals surface area contributed by atoms with Crippen LogP contribution in [0.5, 0.6) is 0 Å². The summed E-state index contributed by atoms with van der Waals surface area (Å²) in [7, 11) is -8.70. The predicted octanol–water partition coefficient (Wildman–Crippen LogP) is 1.81. The molecule has 0 aliphatic heterocycles. The van der Waals surface area contributed by atoms with E-state index in [-0.39, 0.29) is 15.4 Å². The van der Waals surface area contributed by atoms with Gasteiger partial charge >= 0.3 is 0 Å². The number of rotatable bonds is 5. The molecule has 6 nitrogen and oxygen atoms in total. The number of hydrogen-bond acceptors (Lipinski definition) is 5. The zero-order valence-corrected chi connectivity index (χ0v) is 14.4. The van der Waals surface area contributed by atoms with Crippen molar-refractivity contribution in [2.45, 2.75) is 16.7 Å². The average Bonchev–Trinajstić information content (AvgIpc) is 2.54. The second-order valence-corrected chi connectivity index (χ2v) is 9.29. The van der Waals surface area contributed by atoms with Gasteiger partial charge in [0.05, 0.1) is 9.79 Å². The highest BCUT2D eigenvalue weighted by Crippen LogP contribution is 2.28. The lowest BCUT2D eigenvalue weighted by molar-refractivity contribution is 0.1000. The molecule has 0 aliphatic rings. The standard InChI is InChI=1S/C16H15NO5S2/c1-11-5-3-7-14(9-11)23(19,20)12(2)24(21,22)15-8-4-6-13(10-15)16(17)18/h3-10H,2H2,1H3,(H2,17,18). The maximum absolute atomic E-state index is 12.6. The van der Waals surface area contributed by atoms with E-state index in [9.17, 15) is 21.6 Å². The van der Waals surface area contributed by atoms with E-state index < -0.39 is 29.8 Å². The number of benzene rings is 2. The molecule has 0 spiro atoms. The largest absolute Gasteiger partial charge is 0.366 e. The van der Waals surface area contributed by atoms with E-state index in [0.717, 1.165) is 6.07 Å². The highest BCUT2D eigenvalue weighted by Gasteiger charge is 2.32. The molecule has 0 radical (unpaired) electrons. The fraction of sp³-hybridized carbons (Fsp3) is 0.0625. The number of sulfone groups is 2. The first-order valence-corrected chi connectivity index (χ1v) is 9.69. The van der Waals surface area contributed by atoms with Gasteiger partial charge in [0.25, 0.3) is 0 Å². The Morgan fingerprint density at radius 1 is 0.917 bits per heavy atom. The monoisotopic (exact) mass is 365 g/mol. The topological polar surface area (TPSA) is 111 Å². The van der Waals surface area contributed by atoms with Crippen molar-refractivity contribution in [3.05, 3.63) is 70.5 Å². The van der Waals surface area contributed by atoms with E-state index in [0.29, 0.717) is 5.56 Å². The average molecular weight is 365 g/mol. The fourth-order valence-electron chi connectivity index (χ4n) is 2.01. The first-order chi connectivity index (χ1) is 11.1. The molecule has 1 amide bonds. The number of aryl methyl sites for hydroxylation is 1. The van der Waals surface area contributed by atoms with E-state index in [2.05, 4.69) is 6.58 Å². The minimum absolute atomic E-state index is 0.0446. The number of carbonyl (C=O) groups excluding carboxylic acids is 1. The van der Waals surface area contributed by atoms with Gasteiger partial charge in [-0.25, -0.2) is 16.8 Å². The van der Waals surface area contributed by atoms with Crippen molar-refractivity contribution in [1.29, 1.82) is 0 Å². The maximum atomic E-state index is 12.6. The van der Waals surface area contributed by atoms with Gasteiger partial charge in [0.1, 0.15) is 0 Å². The lowest BCUT2D eigenvalue weighted by atomic mass is 10.2. The Kier molecular flexibility index (Phi) is 4.63. The summed E-state index contributed by atoms with van der Waals surface area (Å²) < 4.78 is 49.3. The molecule has 0 saturated heterocycles. The highest BCUT2D eigenvalue weighted by molar-refractivity contribution is 8.14. The van der Waals surface area contributed by atoms with Crippen LogP contribution >= 0.6 is 0 Å². The van der Waals surface area contributed by atoms with Crippen LogP contribution in [0.3, 0.4) is 0 Å². The smallest absolute Gasteiger partial charge is 0.248 e. The molecule has 0 atom stereocenters. The molecule has 8 heteroatoms. The third-order valence-corrected chi connectivity index (χ3v) is 7.59. The van der Waals surface area contributed by atoms with Crippen LogP contribution in [0.4, 0.5) is 0 Å². The van der Waals surface area contributed by atoms with Crippen molar-refractivity contribution >= 4 is 25.6 Å². The summed E-state index contributed by atoms with van der Waals surface area (Å²) in [6.07, 6.45) is 0. The number of amides is 1. The van der Waals surface area contributed by atoms with Crippen LogP contribution in [0.2, 0.25) is 0 Å². The van der Waals surface area contributed by atoms with Gasteiger partial charge in [-0.15, -0.1) is 0 Å². The Bertz CT molecular complexity index is 1040. The molecule has 2 aromatic rings. The first kappa shape index (κ1) is 17.9. The first-order valence-electron chi connectivity index (χ1n) is 6.72. The van der Waals surface area contributed by atoms with E-state index in [1.807, 2.05) is 0 Å². The van der Waals surface area contributed by atoms with Crippen LogP contribution in [0.15, 0.2) is 69.1 Å². The van der Waals surface area contributed by atoms with Crippen LogP contribution in [0.25, 0.3) is 0 Å². The molecule has 0 saturated carbocycles. The van der Waals surface area contributed by atoms with Crippen molar-refractivity contribution in [2.24, 2.45) is 5.73 Å². The number of primary amides is 1. The van der Waals surface area contributed by atoms with Gasteiger partial charge in [-0.1, -0.05) is 24.8 Å². The summed E-state index contributed by atoms with van der Waals surface area (Å²) in [5.74, 6) is -0.820. The summed E-state index contributed by atoms with van der Waals surface area (Å²) in [6.45, 7) is 4.95. The third-order valence-electron chi connectivity index (χ3n) is 3.33. The molecular formula is C16H15NO5S2. The summed E-state index contributed by atoms with van der Waals surface area (Å²) in [4.78, 5) is 10.7. The van der Waals surface area contributed by atoms with Gasteiger partial charge < -0.3 is 5.73 Å². The molecule has 0 bridgehead atoms. The van der Waals surface area contributed by atoms with Crippen molar-refractivity contribution in [2.75, 3.05) is 0 Å². The summed E-state index contributed by atoms with van der Waals surface area (Å²) in [6, 6.07) is 10.7. The Morgan fingerprint density at radius 2 is 1.42 bits per heavy atom. The SMILES string of the molecule is C=C(S(=O)(=O)c1cccc(C)c1)S(=O)(=O)c1cccc(C(N)=O)c1. The second-order valence-electron chi connectivity index (χ2n) is 5.09. The quantitative estimate of drug-likeness (QED) is 0.868. The number of carbonyl (C=O) groups is 1. The van der Waals surface area contributed by atoms with Gasteiger partial charge in [0, 0.05) is 5.56 Å². The Morgan fingerprint density at radius 3 is 1.92 bits per heavy atom. The predicted molar refractivity (Wildman–Crippen MR) is 89.7 cm³/mol. The van der Waals surface area contributed by atoms with Crippen LogP contribution in [-0.2, 0) is 19.7 Å². The van der Waals surface area contributed by atoms with E-state index in [4.69, 9.17) is 5.73 Å². The van der Waals surface area contributed by atoms with Crippen molar-refractivity contribution in [3.8, 4) is 0 Å². The lowest BCUT2D eigenvalue weighted by Gasteiger charge is -2.10. The lowest BCUT2D eigenvalue weighted by Crippen LogP contribution is -2.16. The molecule has 24 heavy (non-hydrogen) atoms. The van der Waals surface area contributed by atoms with Gasteiger partial charge in [0.15, 0.2) is 4.24 Å². The third kappa shape index (κ3) is 3.24. The van der Waals surface area contributed by atoms with Gasteiger partial charge in [-0.2, -0.15) is 0 Å². The van der Waals surface area contributed by atoms with Crippen molar-refractivity contribution in [3.63, 3.8) is 0 Å². The number of nitrogens with two attached hydrogens (primary N) is 1.